The molecule has 0 radical (unpaired) electrons. The molecule has 0 bridgehead atoms. The van der Waals surface area contributed by atoms with E-state index in [-0.39, 0.29) is 6.10 Å². The van der Waals surface area contributed by atoms with Gasteiger partial charge in [0.1, 0.15) is 0 Å². The predicted octanol–water partition coefficient (Wildman–Crippen LogP) is 4.50. The van der Waals surface area contributed by atoms with Crippen molar-refractivity contribution in [2.75, 3.05) is 0 Å². The van der Waals surface area contributed by atoms with Gasteiger partial charge in [-0.1, -0.05) is 63.8 Å². The van der Waals surface area contributed by atoms with E-state index in [1.165, 1.54) is 37.7 Å². The highest BCUT2D eigenvalue weighted by atomic mass is 16.3. The largest absolute Gasteiger partial charge is 0.388 e. The summed E-state index contributed by atoms with van der Waals surface area (Å²) in [4.78, 5) is 0. The lowest BCUT2D eigenvalue weighted by Crippen LogP contribution is -2.25. The molecule has 1 aromatic carbocycles. The average molecular weight is 246 g/mol. The van der Waals surface area contributed by atoms with Crippen LogP contribution in [0.5, 0.6) is 0 Å². The van der Waals surface area contributed by atoms with Crippen LogP contribution < -0.4 is 0 Å². The molecule has 100 valence electrons. The Bertz CT molecular complexity index is 354. The van der Waals surface area contributed by atoms with Crippen LogP contribution in [0.2, 0.25) is 0 Å². The van der Waals surface area contributed by atoms with E-state index in [2.05, 4.69) is 38.1 Å². The number of rotatable bonds is 4. The Balaban J connectivity index is 2.10. The molecule has 1 aromatic rings. The first-order valence-corrected chi connectivity index (χ1v) is 7.53. The second-order valence-corrected chi connectivity index (χ2v) is 5.66. The zero-order chi connectivity index (χ0) is 13.0. The summed E-state index contributed by atoms with van der Waals surface area (Å²) in [5.74, 6) is 1.18. The van der Waals surface area contributed by atoms with Crippen LogP contribution >= 0.6 is 0 Å². The molecule has 3 unspecified atom stereocenters. The highest BCUT2D eigenvalue weighted by Crippen LogP contribution is 2.40. The molecule has 2 rings (SSSR count). The third-order valence-electron chi connectivity index (χ3n) is 4.63. The van der Waals surface area contributed by atoms with E-state index in [1.54, 1.807) is 0 Å². The van der Waals surface area contributed by atoms with Gasteiger partial charge in [-0.2, -0.15) is 0 Å². The fourth-order valence-electron chi connectivity index (χ4n) is 3.36. The molecule has 0 saturated heterocycles. The van der Waals surface area contributed by atoms with Crippen molar-refractivity contribution in [3.8, 4) is 0 Å². The van der Waals surface area contributed by atoms with Gasteiger partial charge in [0, 0.05) is 0 Å². The molecule has 0 aliphatic heterocycles. The number of hydrogen-bond donors (Lipinski definition) is 1. The number of aliphatic hydroxyl groups is 1. The van der Waals surface area contributed by atoms with Gasteiger partial charge in [0.05, 0.1) is 6.10 Å². The fraction of sp³-hybridized carbons (Fsp3) is 0.647. The molecule has 18 heavy (non-hydrogen) atoms. The maximum absolute atomic E-state index is 10.6. The molecule has 1 heteroatoms. The normalized spacial score (nSPS) is 25.9. The van der Waals surface area contributed by atoms with E-state index < -0.39 is 0 Å². The maximum atomic E-state index is 10.6. The second-order valence-electron chi connectivity index (χ2n) is 5.66. The highest BCUT2D eigenvalue weighted by Gasteiger charge is 2.30. The van der Waals surface area contributed by atoms with Crippen molar-refractivity contribution in [2.45, 2.75) is 58.5 Å². The van der Waals surface area contributed by atoms with E-state index in [1.807, 2.05) is 0 Å². The van der Waals surface area contributed by atoms with Crippen LogP contribution in [0.3, 0.4) is 0 Å². The van der Waals surface area contributed by atoms with Crippen molar-refractivity contribution in [1.82, 2.24) is 0 Å². The van der Waals surface area contributed by atoms with Crippen molar-refractivity contribution in [3.63, 3.8) is 0 Å². The van der Waals surface area contributed by atoms with Gasteiger partial charge in [-0.3, -0.25) is 0 Å². The van der Waals surface area contributed by atoms with E-state index >= 15 is 0 Å². The molecule has 1 aliphatic carbocycles. The molecular formula is C17H26O. The van der Waals surface area contributed by atoms with Gasteiger partial charge in [0.15, 0.2) is 0 Å². The third kappa shape index (κ3) is 2.95. The van der Waals surface area contributed by atoms with E-state index in [0.29, 0.717) is 11.8 Å². The first-order valence-electron chi connectivity index (χ1n) is 7.53. The maximum Gasteiger partial charge on any atom is 0.0820 e. The van der Waals surface area contributed by atoms with Crippen molar-refractivity contribution < 1.29 is 5.11 Å². The SMILES string of the molecule is CCc1ccc(C(O)C2CCCCC2CC)cc1. The van der Waals surface area contributed by atoms with Crippen LogP contribution in [0, 0.1) is 11.8 Å². The summed E-state index contributed by atoms with van der Waals surface area (Å²) in [6.45, 7) is 4.43. The summed E-state index contributed by atoms with van der Waals surface area (Å²) in [5.41, 5.74) is 2.46. The molecular weight excluding hydrogens is 220 g/mol. The highest BCUT2D eigenvalue weighted by molar-refractivity contribution is 5.24. The van der Waals surface area contributed by atoms with E-state index in [4.69, 9.17) is 0 Å². The summed E-state index contributed by atoms with van der Waals surface area (Å²) in [7, 11) is 0. The molecule has 0 heterocycles. The van der Waals surface area contributed by atoms with Crippen LogP contribution in [0.25, 0.3) is 0 Å². The van der Waals surface area contributed by atoms with Crippen LogP contribution in [-0.2, 0) is 6.42 Å². The summed E-state index contributed by atoms with van der Waals surface area (Å²) in [5, 5.41) is 10.6. The van der Waals surface area contributed by atoms with Crippen LogP contribution in [0.4, 0.5) is 0 Å². The Morgan fingerprint density at radius 1 is 1.11 bits per heavy atom. The standard InChI is InChI=1S/C17H26O/c1-3-13-9-11-15(12-10-13)17(18)16-8-6-5-7-14(16)4-2/h9-12,14,16-18H,3-8H2,1-2H3. The van der Waals surface area contributed by atoms with Gasteiger partial charge in [-0.05, 0) is 35.8 Å². The Morgan fingerprint density at radius 3 is 2.39 bits per heavy atom. The lowest BCUT2D eigenvalue weighted by Gasteiger charge is -2.34. The quantitative estimate of drug-likeness (QED) is 0.829. The van der Waals surface area contributed by atoms with Crippen LogP contribution in [0.15, 0.2) is 24.3 Å². The minimum atomic E-state index is -0.263. The zero-order valence-electron chi connectivity index (χ0n) is 11.7. The van der Waals surface area contributed by atoms with E-state index in [9.17, 15) is 5.11 Å². The number of hydrogen-bond acceptors (Lipinski definition) is 1. The summed E-state index contributed by atoms with van der Waals surface area (Å²) in [6.07, 6.45) is 7.12. The lowest BCUT2D eigenvalue weighted by molar-refractivity contribution is 0.0452. The molecule has 0 aromatic heterocycles. The minimum Gasteiger partial charge on any atom is -0.388 e. The van der Waals surface area contributed by atoms with Gasteiger partial charge in [-0.25, -0.2) is 0 Å². The van der Waals surface area contributed by atoms with Gasteiger partial charge in [0.2, 0.25) is 0 Å². The molecule has 1 nitrogen and oxygen atoms in total. The second kappa shape index (κ2) is 6.38. The van der Waals surface area contributed by atoms with Crippen molar-refractivity contribution in [1.29, 1.82) is 0 Å². The average Bonchev–Trinajstić information content (AvgIpc) is 2.46. The molecule has 0 spiro atoms. The Kier molecular flexibility index (Phi) is 4.82. The zero-order valence-corrected chi connectivity index (χ0v) is 11.7. The van der Waals surface area contributed by atoms with Gasteiger partial charge >= 0.3 is 0 Å². The summed E-state index contributed by atoms with van der Waals surface area (Å²) < 4.78 is 0. The summed E-state index contributed by atoms with van der Waals surface area (Å²) in [6, 6.07) is 8.54. The Hall–Kier alpha value is -0.820. The van der Waals surface area contributed by atoms with Gasteiger partial charge in [0.25, 0.3) is 0 Å². The topological polar surface area (TPSA) is 20.2 Å². The predicted molar refractivity (Wildman–Crippen MR) is 76.5 cm³/mol. The number of aryl methyl sites for hydroxylation is 1. The van der Waals surface area contributed by atoms with Crippen molar-refractivity contribution >= 4 is 0 Å². The van der Waals surface area contributed by atoms with E-state index in [0.717, 1.165) is 12.0 Å². The molecule has 3 atom stereocenters. The Morgan fingerprint density at radius 2 is 1.78 bits per heavy atom. The summed E-state index contributed by atoms with van der Waals surface area (Å²) >= 11 is 0. The number of aliphatic hydroxyl groups excluding tert-OH is 1. The van der Waals surface area contributed by atoms with Crippen molar-refractivity contribution in [2.24, 2.45) is 11.8 Å². The van der Waals surface area contributed by atoms with Crippen LogP contribution in [-0.4, -0.2) is 5.11 Å². The minimum absolute atomic E-state index is 0.263. The smallest absolute Gasteiger partial charge is 0.0820 e. The first-order chi connectivity index (χ1) is 8.76. The molecule has 1 aliphatic rings. The molecule has 1 N–H and O–H groups in total. The lowest BCUT2D eigenvalue weighted by atomic mass is 9.73. The van der Waals surface area contributed by atoms with Gasteiger partial charge in [-0.15, -0.1) is 0 Å². The third-order valence-corrected chi connectivity index (χ3v) is 4.63. The molecule has 1 fully saturated rings. The van der Waals surface area contributed by atoms with Crippen LogP contribution in [0.1, 0.15) is 63.2 Å². The van der Waals surface area contributed by atoms with Gasteiger partial charge < -0.3 is 5.11 Å². The fourth-order valence-corrected chi connectivity index (χ4v) is 3.36. The first kappa shape index (κ1) is 13.6. The van der Waals surface area contributed by atoms with Crippen molar-refractivity contribution in [3.05, 3.63) is 35.4 Å². The Labute approximate surface area is 111 Å². The number of benzene rings is 1. The molecule has 1 saturated carbocycles. The molecule has 0 amide bonds. The monoisotopic (exact) mass is 246 g/mol.